The van der Waals surface area contributed by atoms with Crippen LogP contribution in [0.4, 0.5) is 5.69 Å². The van der Waals surface area contributed by atoms with Crippen molar-refractivity contribution in [1.82, 2.24) is 9.97 Å². The molecular formula is C11H15N3O2S. The number of aromatic amines is 1. The Balaban J connectivity index is 2.43. The lowest BCUT2D eigenvalue weighted by atomic mass is 10.2. The van der Waals surface area contributed by atoms with Crippen LogP contribution >= 0.6 is 0 Å². The molecule has 17 heavy (non-hydrogen) atoms. The summed E-state index contributed by atoms with van der Waals surface area (Å²) in [6.45, 7) is 4.10. The maximum absolute atomic E-state index is 11.1. The molecule has 1 aromatic carbocycles. The zero-order valence-electron chi connectivity index (χ0n) is 9.98. The van der Waals surface area contributed by atoms with Gasteiger partial charge in [-0.15, -0.1) is 0 Å². The van der Waals surface area contributed by atoms with E-state index in [9.17, 15) is 8.42 Å². The molecule has 0 amide bonds. The smallest absolute Gasteiger partial charge is 0.229 e. The third-order valence-corrected chi connectivity index (χ3v) is 2.96. The number of imidazole rings is 1. The minimum Gasteiger partial charge on any atom is -0.342 e. The molecule has 0 unspecified atom stereocenters. The van der Waals surface area contributed by atoms with Gasteiger partial charge in [-0.25, -0.2) is 13.4 Å². The third-order valence-electron chi connectivity index (χ3n) is 2.35. The zero-order valence-corrected chi connectivity index (χ0v) is 10.8. The maximum Gasteiger partial charge on any atom is 0.229 e. The van der Waals surface area contributed by atoms with E-state index < -0.39 is 10.0 Å². The molecule has 2 aromatic rings. The number of fused-ring (bicyclic) bond motifs is 1. The summed E-state index contributed by atoms with van der Waals surface area (Å²) in [6.07, 6.45) is 1.13. The van der Waals surface area contributed by atoms with Gasteiger partial charge in [0.1, 0.15) is 5.82 Å². The van der Waals surface area contributed by atoms with E-state index in [2.05, 4.69) is 14.7 Å². The van der Waals surface area contributed by atoms with Crippen LogP contribution in [0.3, 0.4) is 0 Å². The highest BCUT2D eigenvalue weighted by Crippen LogP contribution is 2.20. The standard InChI is InChI=1S/C11H15N3O2S/c1-7(2)11-12-9-5-4-8(6-10(9)13-11)14-17(3,15)16/h4-7,14H,1-3H3,(H,12,13). The molecule has 0 saturated heterocycles. The summed E-state index contributed by atoms with van der Waals surface area (Å²) in [4.78, 5) is 7.59. The Morgan fingerprint density at radius 1 is 1.35 bits per heavy atom. The van der Waals surface area contributed by atoms with Crippen LogP contribution in [0.15, 0.2) is 18.2 Å². The highest BCUT2D eigenvalue weighted by Gasteiger charge is 2.08. The number of aromatic nitrogens is 2. The van der Waals surface area contributed by atoms with Gasteiger partial charge in [0.25, 0.3) is 0 Å². The van der Waals surface area contributed by atoms with E-state index in [-0.39, 0.29) is 0 Å². The lowest BCUT2D eigenvalue weighted by molar-refractivity contribution is 0.607. The van der Waals surface area contributed by atoms with E-state index in [1.165, 1.54) is 0 Å². The molecule has 0 spiro atoms. The Morgan fingerprint density at radius 3 is 2.65 bits per heavy atom. The molecule has 2 rings (SSSR count). The Hall–Kier alpha value is -1.56. The molecule has 0 fully saturated rings. The summed E-state index contributed by atoms with van der Waals surface area (Å²) in [5.74, 6) is 1.21. The molecular weight excluding hydrogens is 238 g/mol. The van der Waals surface area contributed by atoms with Gasteiger partial charge in [0.2, 0.25) is 10.0 Å². The summed E-state index contributed by atoms with van der Waals surface area (Å²) >= 11 is 0. The highest BCUT2D eigenvalue weighted by atomic mass is 32.2. The monoisotopic (exact) mass is 253 g/mol. The molecule has 5 nitrogen and oxygen atoms in total. The van der Waals surface area contributed by atoms with Crippen LogP contribution < -0.4 is 4.72 Å². The van der Waals surface area contributed by atoms with Crippen LogP contribution in [0, 0.1) is 0 Å². The average molecular weight is 253 g/mol. The lowest BCUT2D eigenvalue weighted by Gasteiger charge is -2.02. The number of rotatable bonds is 3. The van der Waals surface area contributed by atoms with Gasteiger partial charge in [0.05, 0.1) is 23.0 Å². The van der Waals surface area contributed by atoms with Crippen LogP contribution in [0.25, 0.3) is 11.0 Å². The normalized spacial score (nSPS) is 12.2. The van der Waals surface area contributed by atoms with Crippen molar-refractivity contribution in [3.8, 4) is 0 Å². The van der Waals surface area contributed by atoms with E-state index in [4.69, 9.17) is 0 Å². The molecule has 1 aromatic heterocycles. The largest absolute Gasteiger partial charge is 0.342 e. The van der Waals surface area contributed by atoms with Gasteiger partial charge in [0.15, 0.2) is 0 Å². The third kappa shape index (κ3) is 2.76. The van der Waals surface area contributed by atoms with Gasteiger partial charge in [-0.05, 0) is 18.2 Å². The Kier molecular flexibility index (Phi) is 2.82. The van der Waals surface area contributed by atoms with Crippen LogP contribution in [0.1, 0.15) is 25.6 Å². The van der Waals surface area contributed by atoms with E-state index in [0.29, 0.717) is 11.6 Å². The summed E-state index contributed by atoms with van der Waals surface area (Å²) in [5, 5.41) is 0. The van der Waals surface area contributed by atoms with Crippen molar-refractivity contribution in [3.05, 3.63) is 24.0 Å². The highest BCUT2D eigenvalue weighted by molar-refractivity contribution is 7.92. The number of H-pyrrole nitrogens is 1. The molecule has 0 saturated carbocycles. The Morgan fingerprint density at radius 2 is 2.06 bits per heavy atom. The summed E-state index contributed by atoms with van der Waals surface area (Å²) in [6, 6.07) is 5.24. The van der Waals surface area contributed by atoms with Crippen molar-refractivity contribution in [2.24, 2.45) is 0 Å². The zero-order chi connectivity index (χ0) is 12.6. The van der Waals surface area contributed by atoms with Gasteiger partial charge in [-0.2, -0.15) is 0 Å². The van der Waals surface area contributed by atoms with Gasteiger partial charge in [-0.1, -0.05) is 13.8 Å². The van der Waals surface area contributed by atoms with Crippen molar-refractivity contribution in [3.63, 3.8) is 0 Å². The number of sulfonamides is 1. The average Bonchev–Trinajstić information content (AvgIpc) is 2.57. The SMILES string of the molecule is CC(C)c1nc2ccc(NS(C)(=O)=O)cc2[nH]1. The van der Waals surface area contributed by atoms with Crippen molar-refractivity contribution in [2.75, 3.05) is 11.0 Å². The lowest BCUT2D eigenvalue weighted by Crippen LogP contribution is -2.09. The first kappa shape index (κ1) is 11.9. The second kappa shape index (κ2) is 4.03. The molecule has 6 heteroatoms. The quantitative estimate of drug-likeness (QED) is 0.879. The first-order chi connectivity index (χ1) is 7.85. The molecule has 0 aliphatic heterocycles. The first-order valence-corrected chi connectivity index (χ1v) is 7.22. The summed E-state index contributed by atoms with van der Waals surface area (Å²) < 4.78 is 24.7. The summed E-state index contributed by atoms with van der Waals surface area (Å²) in [7, 11) is -3.24. The number of nitrogens with zero attached hydrogens (tertiary/aromatic N) is 1. The van der Waals surface area contributed by atoms with Crippen molar-refractivity contribution in [2.45, 2.75) is 19.8 Å². The number of hydrogen-bond acceptors (Lipinski definition) is 3. The molecule has 0 atom stereocenters. The maximum atomic E-state index is 11.1. The van der Waals surface area contributed by atoms with Crippen LogP contribution in [0.5, 0.6) is 0 Å². The topological polar surface area (TPSA) is 74.8 Å². The van der Waals surface area contributed by atoms with Crippen LogP contribution in [-0.2, 0) is 10.0 Å². The van der Waals surface area contributed by atoms with E-state index in [1.807, 2.05) is 13.8 Å². The predicted molar refractivity (Wildman–Crippen MR) is 68.6 cm³/mol. The minimum atomic E-state index is -3.24. The van der Waals surface area contributed by atoms with Gasteiger partial charge in [0, 0.05) is 5.92 Å². The van der Waals surface area contributed by atoms with Crippen molar-refractivity contribution in [1.29, 1.82) is 0 Å². The molecule has 0 aliphatic carbocycles. The minimum absolute atomic E-state index is 0.314. The fraction of sp³-hybridized carbons (Fsp3) is 0.364. The van der Waals surface area contributed by atoms with Gasteiger partial charge in [-0.3, -0.25) is 4.72 Å². The fourth-order valence-electron chi connectivity index (χ4n) is 1.58. The molecule has 0 radical (unpaired) electrons. The van der Waals surface area contributed by atoms with E-state index >= 15 is 0 Å². The van der Waals surface area contributed by atoms with E-state index in [1.54, 1.807) is 18.2 Å². The number of nitrogens with one attached hydrogen (secondary N) is 2. The van der Waals surface area contributed by atoms with E-state index in [0.717, 1.165) is 23.1 Å². The Labute approximate surface area is 100 Å². The van der Waals surface area contributed by atoms with Crippen LogP contribution in [-0.4, -0.2) is 24.6 Å². The van der Waals surface area contributed by atoms with Crippen molar-refractivity contribution >= 4 is 26.7 Å². The molecule has 92 valence electrons. The molecule has 0 aliphatic rings. The summed E-state index contributed by atoms with van der Waals surface area (Å²) in [5.41, 5.74) is 2.22. The fourth-order valence-corrected chi connectivity index (χ4v) is 2.14. The van der Waals surface area contributed by atoms with Gasteiger partial charge >= 0.3 is 0 Å². The Bertz CT molecular complexity index is 644. The van der Waals surface area contributed by atoms with Crippen molar-refractivity contribution < 1.29 is 8.42 Å². The second-order valence-corrected chi connectivity index (χ2v) is 6.13. The van der Waals surface area contributed by atoms with Crippen LogP contribution in [0.2, 0.25) is 0 Å². The second-order valence-electron chi connectivity index (χ2n) is 4.38. The molecule has 1 heterocycles. The molecule has 2 N–H and O–H groups in total. The number of benzene rings is 1. The number of anilines is 1. The predicted octanol–water partition coefficient (Wildman–Crippen LogP) is 2.06. The molecule has 0 bridgehead atoms. The number of hydrogen-bond donors (Lipinski definition) is 2. The first-order valence-electron chi connectivity index (χ1n) is 5.32. The van der Waals surface area contributed by atoms with Gasteiger partial charge < -0.3 is 4.98 Å².